The molecule has 7 heteroatoms. The molecule has 2 N–H and O–H groups in total. The van der Waals surface area contributed by atoms with E-state index in [9.17, 15) is 4.79 Å². The zero-order chi connectivity index (χ0) is 19.5. The van der Waals surface area contributed by atoms with Crippen molar-refractivity contribution in [1.82, 2.24) is 10.6 Å². The number of ether oxygens (including phenoxy) is 1. The first-order chi connectivity index (χ1) is 13.1. The predicted molar refractivity (Wildman–Crippen MR) is 114 cm³/mol. The first-order valence-corrected chi connectivity index (χ1v) is 10.5. The van der Waals surface area contributed by atoms with Gasteiger partial charge in [-0.15, -0.1) is 0 Å². The Morgan fingerprint density at radius 3 is 2.78 bits per heavy atom. The fourth-order valence-electron chi connectivity index (χ4n) is 3.13. The van der Waals surface area contributed by atoms with E-state index in [1.165, 1.54) is 12.8 Å². The SMILES string of the molecule is CCNC(=NCCCCCC(=O)OC)NC1CCN(c2ccc(Br)cc2)C1. The van der Waals surface area contributed by atoms with Gasteiger partial charge in [0.2, 0.25) is 0 Å². The highest BCUT2D eigenvalue weighted by Crippen LogP contribution is 2.22. The van der Waals surface area contributed by atoms with Crippen molar-refractivity contribution in [3.63, 3.8) is 0 Å². The molecule has 1 aliphatic rings. The summed E-state index contributed by atoms with van der Waals surface area (Å²) in [4.78, 5) is 18.2. The van der Waals surface area contributed by atoms with Crippen molar-refractivity contribution in [3.05, 3.63) is 28.7 Å². The highest BCUT2D eigenvalue weighted by atomic mass is 79.9. The van der Waals surface area contributed by atoms with Crippen LogP contribution in [-0.4, -0.2) is 51.3 Å². The number of anilines is 1. The Hall–Kier alpha value is -1.76. The molecule has 1 heterocycles. The molecule has 0 aromatic heterocycles. The van der Waals surface area contributed by atoms with Crippen molar-refractivity contribution in [2.45, 2.75) is 45.1 Å². The quantitative estimate of drug-likeness (QED) is 0.268. The first kappa shape index (κ1) is 21.5. The van der Waals surface area contributed by atoms with Gasteiger partial charge in [0.25, 0.3) is 0 Å². The van der Waals surface area contributed by atoms with Crippen molar-refractivity contribution in [1.29, 1.82) is 0 Å². The molecule has 2 rings (SSSR count). The van der Waals surface area contributed by atoms with Gasteiger partial charge in [0.05, 0.1) is 7.11 Å². The first-order valence-electron chi connectivity index (χ1n) is 9.74. The van der Waals surface area contributed by atoms with E-state index in [1.807, 2.05) is 0 Å². The number of esters is 1. The molecular weight excluding hydrogens is 408 g/mol. The van der Waals surface area contributed by atoms with Crippen LogP contribution in [0.2, 0.25) is 0 Å². The lowest BCUT2D eigenvalue weighted by molar-refractivity contribution is -0.140. The van der Waals surface area contributed by atoms with Gasteiger partial charge < -0.3 is 20.3 Å². The van der Waals surface area contributed by atoms with E-state index >= 15 is 0 Å². The molecule has 0 amide bonds. The Kier molecular flexibility index (Phi) is 9.45. The maximum absolute atomic E-state index is 11.1. The standard InChI is InChI=1S/C20H31BrN4O2/c1-3-22-20(23-13-6-4-5-7-19(26)27-2)24-17-12-14-25(15-17)18-10-8-16(21)9-11-18/h8-11,17H,3-7,12-15H2,1-2H3,(H2,22,23,24). The van der Waals surface area contributed by atoms with Gasteiger partial charge >= 0.3 is 5.97 Å². The van der Waals surface area contributed by atoms with Crippen molar-refractivity contribution >= 4 is 33.5 Å². The van der Waals surface area contributed by atoms with Crippen LogP contribution in [-0.2, 0) is 9.53 Å². The van der Waals surface area contributed by atoms with Crippen LogP contribution in [0, 0.1) is 0 Å². The Bertz CT molecular complexity index is 607. The van der Waals surface area contributed by atoms with Crippen molar-refractivity contribution in [2.75, 3.05) is 38.2 Å². The highest BCUT2D eigenvalue weighted by Gasteiger charge is 2.23. The van der Waals surface area contributed by atoms with Gasteiger partial charge in [-0.3, -0.25) is 9.79 Å². The maximum Gasteiger partial charge on any atom is 0.305 e. The van der Waals surface area contributed by atoms with Gasteiger partial charge in [0.15, 0.2) is 5.96 Å². The zero-order valence-electron chi connectivity index (χ0n) is 16.3. The number of guanidine groups is 1. The van der Waals surface area contributed by atoms with Crippen LogP contribution >= 0.6 is 15.9 Å². The van der Waals surface area contributed by atoms with Crippen LogP contribution < -0.4 is 15.5 Å². The average molecular weight is 439 g/mol. The van der Waals surface area contributed by atoms with Crippen molar-refractivity contribution in [3.8, 4) is 0 Å². The molecule has 0 aliphatic carbocycles. The van der Waals surface area contributed by atoms with Crippen LogP contribution in [0.5, 0.6) is 0 Å². The highest BCUT2D eigenvalue weighted by molar-refractivity contribution is 9.10. The summed E-state index contributed by atoms with van der Waals surface area (Å²) in [5, 5.41) is 6.89. The molecule has 0 radical (unpaired) electrons. The summed E-state index contributed by atoms with van der Waals surface area (Å²) in [5.41, 5.74) is 1.26. The number of nitrogens with zero attached hydrogens (tertiary/aromatic N) is 2. The fourth-order valence-corrected chi connectivity index (χ4v) is 3.39. The number of carbonyl (C=O) groups is 1. The molecule has 0 bridgehead atoms. The number of nitrogens with one attached hydrogen (secondary N) is 2. The Labute approximate surface area is 170 Å². The van der Waals surface area contributed by atoms with Gasteiger partial charge in [-0.1, -0.05) is 22.4 Å². The summed E-state index contributed by atoms with van der Waals surface area (Å²) in [6.45, 7) is 5.71. The van der Waals surface area contributed by atoms with Gasteiger partial charge in [0, 0.05) is 48.8 Å². The molecule has 1 atom stereocenters. The van der Waals surface area contributed by atoms with Crippen LogP contribution in [0.4, 0.5) is 5.69 Å². The second kappa shape index (κ2) is 11.8. The topological polar surface area (TPSA) is 66.0 Å². The van der Waals surface area contributed by atoms with Crippen LogP contribution in [0.1, 0.15) is 39.0 Å². The number of benzene rings is 1. The smallest absolute Gasteiger partial charge is 0.305 e. The van der Waals surface area contributed by atoms with E-state index in [-0.39, 0.29) is 5.97 Å². The molecule has 1 unspecified atom stereocenters. The third-order valence-corrected chi connectivity index (χ3v) is 5.13. The minimum absolute atomic E-state index is 0.134. The number of hydrogen-bond donors (Lipinski definition) is 2. The molecule has 0 spiro atoms. The summed E-state index contributed by atoms with van der Waals surface area (Å²) < 4.78 is 5.76. The minimum atomic E-state index is -0.134. The predicted octanol–water partition coefficient (Wildman–Crippen LogP) is 3.32. The van der Waals surface area contributed by atoms with Crippen LogP contribution in [0.3, 0.4) is 0 Å². The molecule has 1 fully saturated rings. The van der Waals surface area contributed by atoms with Crippen molar-refractivity contribution < 1.29 is 9.53 Å². The summed E-state index contributed by atoms with van der Waals surface area (Å²) in [5.74, 6) is 0.748. The third-order valence-electron chi connectivity index (χ3n) is 4.60. The van der Waals surface area contributed by atoms with E-state index in [1.54, 1.807) is 0 Å². The van der Waals surface area contributed by atoms with E-state index in [2.05, 4.69) is 72.4 Å². The summed E-state index contributed by atoms with van der Waals surface area (Å²) in [7, 11) is 1.43. The monoisotopic (exact) mass is 438 g/mol. The van der Waals surface area contributed by atoms with Crippen molar-refractivity contribution in [2.24, 2.45) is 4.99 Å². The molecule has 150 valence electrons. The van der Waals surface area contributed by atoms with Crippen LogP contribution in [0.25, 0.3) is 0 Å². The molecule has 1 aromatic rings. The largest absolute Gasteiger partial charge is 0.469 e. The van der Waals surface area contributed by atoms with Gasteiger partial charge in [0.1, 0.15) is 0 Å². The average Bonchev–Trinajstić information content (AvgIpc) is 3.13. The number of carbonyl (C=O) groups excluding carboxylic acids is 1. The van der Waals surface area contributed by atoms with E-state index in [0.29, 0.717) is 12.5 Å². The Balaban J connectivity index is 1.74. The second-order valence-electron chi connectivity index (χ2n) is 6.70. The van der Waals surface area contributed by atoms with Gasteiger partial charge in [-0.2, -0.15) is 0 Å². The summed E-state index contributed by atoms with van der Waals surface area (Å²) in [6, 6.07) is 8.87. The molecule has 0 saturated carbocycles. The number of methoxy groups -OCH3 is 1. The molecule has 27 heavy (non-hydrogen) atoms. The van der Waals surface area contributed by atoms with E-state index < -0.39 is 0 Å². The lowest BCUT2D eigenvalue weighted by Gasteiger charge is -2.20. The Morgan fingerprint density at radius 2 is 2.07 bits per heavy atom. The lowest BCUT2D eigenvalue weighted by atomic mass is 10.2. The maximum atomic E-state index is 11.1. The van der Waals surface area contributed by atoms with Crippen LogP contribution in [0.15, 0.2) is 33.7 Å². The van der Waals surface area contributed by atoms with Gasteiger partial charge in [-0.25, -0.2) is 0 Å². The van der Waals surface area contributed by atoms with E-state index in [4.69, 9.17) is 0 Å². The zero-order valence-corrected chi connectivity index (χ0v) is 17.9. The second-order valence-corrected chi connectivity index (χ2v) is 7.62. The minimum Gasteiger partial charge on any atom is -0.469 e. The number of aliphatic imine (C=N–C) groups is 1. The Morgan fingerprint density at radius 1 is 1.30 bits per heavy atom. The number of rotatable bonds is 9. The summed E-state index contributed by atoms with van der Waals surface area (Å²) in [6.07, 6.45) is 4.41. The van der Waals surface area contributed by atoms with Gasteiger partial charge in [-0.05, 0) is 50.5 Å². The molecular formula is C20H31BrN4O2. The molecule has 6 nitrogen and oxygen atoms in total. The molecule has 1 saturated heterocycles. The van der Waals surface area contributed by atoms with E-state index in [0.717, 1.165) is 62.3 Å². The summed E-state index contributed by atoms with van der Waals surface area (Å²) >= 11 is 3.49. The fraction of sp³-hybridized carbons (Fsp3) is 0.600. The molecule has 1 aliphatic heterocycles. The number of hydrogen-bond acceptors (Lipinski definition) is 4. The number of halogens is 1. The lowest BCUT2D eigenvalue weighted by Crippen LogP contribution is -2.44. The third kappa shape index (κ3) is 7.79. The molecule has 1 aromatic carbocycles. The normalized spacial score (nSPS) is 17.1. The number of unbranched alkanes of at least 4 members (excludes halogenated alkanes) is 2.